The molecule has 0 radical (unpaired) electrons. The van der Waals surface area contributed by atoms with Crippen LogP contribution in [0.15, 0.2) is 48.8 Å². The van der Waals surface area contributed by atoms with Gasteiger partial charge in [0, 0.05) is 32.2 Å². The van der Waals surface area contributed by atoms with Crippen molar-refractivity contribution in [2.75, 3.05) is 26.4 Å². The maximum atomic E-state index is 12.8. The first-order valence-electron chi connectivity index (χ1n) is 8.70. The molecule has 5 heteroatoms. The van der Waals surface area contributed by atoms with Gasteiger partial charge in [-0.15, -0.1) is 0 Å². The van der Waals surface area contributed by atoms with Crippen LogP contribution >= 0.6 is 0 Å². The van der Waals surface area contributed by atoms with Gasteiger partial charge in [0.25, 0.3) is 0 Å². The molecule has 0 aliphatic carbocycles. The Labute approximate surface area is 148 Å². The number of hydrogen-bond donors (Lipinski definition) is 2. The SMILES string of the molecule is O=C(NCCO)C1(Cc2cccc(-c3ccncc3)c2)CCOCC1. The Balaban J connectivity index is 1.83. The maximum Gasteiger partial charge on any atom is 0.226 e. The molecule has 1 amide bonds. The Morgan fingerprint density at radius 1 is 1.16 bits per heavy atom. The van der Waals surface area contributed by atoms with Crippen molar-refractivity contribution >= 4 is 5.91 Å². The van der Waals surface area contributed by atoms with Gasteiger partial charge >= 0.3 is 0 Å². The van der Waals surface area contributed by atoms with Crippen LogP contribution in [0.4, 0.5) is 0 Å². The van der Waals surface area contributed by atoms with E-state index in [0.29, 0.717) is 39.0 Å². The molecule has 1 aromatic carbocycles. The minimum atomic E-state index is -0.468. The van der Waals surface area contributed by atoms with Crippen LogP contribution in [0.1, 0.15) is 18.4 Å². The number of aliphatic hydroxyl groups excluding tert-OH is 1. The van der Waals surface area contributed by atoms with Gasteiger partial charge in [0.2, 0.25) is 5.91 Å². The lowest BCUT2D eigenvalue weighted by molar-refractivity contribution is -0.136. The number of amides is 1. The zero-order valence-corrected chi connectivity index (χ0v) is 14.3. The highest BCUT2D eigenvalue weighted by Crippen LogP contribution is 2.35. The number of pyridine rings is 1. The fraction of sp³-hybridized carbons (Fsp3) is 0.400. The molecule has 1 fully saturated rings. The summed E-state index contributed by atoms with van der Waals surface area (Å²) >= 11 is 0. The topological polar surface area (TPSA) is 71.5 Å². The average molecular weight is 340 g/mol. The highest BCUT2D eigenvalue weighted by Gasteiger charge is 2.39. The molecule has 3 rings (SSSR count). The minimum Gasteiger partial charge on any atom is -0.395 e. The number of nitrogens with one attached hydrogen (secondary N) is 1. The molecule has 132 valence electrons. The van der Waals surface area contributed by atoms with Crippen molar-refractivity contribution in [2.24, 2.45) is 5.41 Å². The van der Waals surface area contributed by atoms with Crippen LogP contribution in [0.3, 0.4) is 0 Å². The average Bonchev–Trinajstić information content (AvgIpc) is 2.67. The van der Waals surface area contributed by atoms with Crippen molar-refractivity contribution in [3.8, 4) is 11.1 Å². The first-order valence-corrected chi connectivity index (χ1v) is 8.70. The zero-order valence-electron chi connectivity index (χ0n) is 14.3. The number of aliphatic hydroxyl groups is 1. The van der Waals surface area contributed by atoms with E-state index >= 15 is 0 Å². The third-order valence-corrected chi connectivity index (χ3v) is 4.81. The third-order valence-electron chi connectivity index (χ3n) is 4.81. The summed E-state index contributed by atoms with van der Waals surface area (Å²) in [6, 6.07) is 12.3. The van der Waals surface area contributed by atoms with Gasteiger partial charge in [-0.25, -0.2) is 0 Å². The van der Waals surface area contributed by atoms with Gasteiger partial charge in [-0.3, -0.25) is 9.78 Å². The van der Waals surface area contributed by atoms with E-state index < -0.39 is 5.41 Å². The molecule has 2 heterocycles. The second-order valence-corrected chi connectivity index (χ2v) is 6.49. The van der Waals surface area contributed by atoms with Crippen LogP contribution in [0.2, 0.25) is 0 Å². The van der Waals surface area contributed by atoms with Crippen LogP contribution in [-0.4, -0.2) is 42.4 Å². The molecule has 0 bridgehead atoms. The van der Waals surface area contributed by atoms with Crippen molar-refractivity contribution in [3.05, 3.63) is 54.4 Å². The quantitative estimate of drug-likeness (QED) is 0.846. The molecule has 25 heavy (non-hydrogen) atoms. The van der Waals surface area contributed by atoms with Crippen molar-refractivity contribution < 1.29 is 14.6 Å². The Bertz CT molecular complexity index is 697. The summed E-state index contributed by atoms with van der Waals surface area (Å²) in [6.07, 6.45) is 5.63. The monoisotopic (exact) mass is 340 g/mol. The molecule has 2 N–H and O–H groups in total. The van der Waals surface area contributed by atoms with Crippen molar-refractivity contribution in [2.45, 2.75) is 19.3 Å². The lowest BCUT2D eigenvalue weighted by Gasteiger charge is -2.36. The second-order valence-electron chi connectivity index (χ2n) is 6.49. The van der Waals surface area contributed by atoms with E-state index in [2.05, 4.69) is 28.5 Å². The fourth-order valence-corrected chi connectivity index (χ4v) is 3.40. The predicted octanol–water partition coefficient (Wildman–Crippen LogP) is 2.20. The Morgan fingerprint density at radius 3 is 2.64 bits per heavy atom. The smallest absolute Gasteiger partial charge is 0.226 e. The molecule has 1 saturated heterocycles. The van der Waals surface area contributed by atoms with Crippen molar-refractivity contribution in [3.63, 3.8) is 0 Å². The maximum absolute atomic E-state index is 12.8. The predicted molar refractivity (Wildman–Crippen MR) is 96.0 cm³/mol. The minimum absolute atomic E-state index is 0.0131. The molecule has 0 saturated carbocycles. The highest BCUT2D eigenvalue weighted by atomic mass is 16.5. The van der Waals surface area contributed by atoms with Gasteiger partial charge < -0.3 is 15.2 Å². The Hall–Kier alpha value is -2.24. The Morgan fingerprint density at radius 2 is 1.92 bits per heavy atom. The highest BCUT2D eigenvalue weighted by molar-refractivity contribution is 5.83. The first-order chi connectivity index (χ1) is 12.2. The van der Waals surface area contributed by atoms with Crippen LogP contribution < -0.4 is 5.32 Å². The van der Waals surface area contributed by atoms with Crippen molar-refractivity contribution in [1.29, 1.82) is 0 Å². The molecule has 0 unspecified atom stereocenters. The second kappa shape index (κ2) is 8.23. The summed E-state index contributed by atoms with van der Waals surface area (Å²) in [5.41, 5.74) is 2.90. The normalized spacial score (nSPS) is 16.4. The number of hydrogen-bond acceptors (Lipinski definition) is 4. The lowest BCUT2D eigenvalue weighted by Crippen LogP contribution is -2.46. The number of aromatic nitrogens is 1. The largest absolute Gasteiger partial charge is 0.395 e. The fourth-order valence-electron chi connectivity index (χ4n) is 3.40. The first kappa shape index (κ1) is 17.6. The van der Waals surface area contributed by atoms with Crippen LogP contribution in [0.25, 0.3) is 11.1 Å². The molecule has 0 spiro atoms. The summed E-state index contributed by atoms with van der Waals surface area (Å²) in [6.45, 7) is 1.43. The summed E-state index contributed by atoms with van der Waals surface area (Å²) in [4.78, 5) is 16.8. The molecule has 5 nitrogen and oxygen atoms in total. The van der Waals surface area contributed by atoms with Gasteiger partial charge in [0.15, 0.2) is 0 Å². The standard InChI is InChI=1S/C20H24N2O3/c23-11-10-22-19(24)20(6-12-25-13-7-20)15-16-2-1-3-18(14-16)17-4-8-21-9-5-17/h1-5,8-9,14,23H,6-7,10-13,15H2,(H,22,24). The number of carbonyl (C=O) groups excluding carboxylic acids is 1. The van der Waals surface area contributed by atoms with E-state index in [1.165, 1.54) is 0 Å². The Kier molecular flexibility index (Phi) is 5.79. The van der Waals surface area contributed by atoms with Crippen LogP contribution in [0, 0.1) is 5.41 Å². The number of carbonyl (C=O) groups is 1. The summed E-state index contributed by atoms with van der Waals surface area (Å²) in [7, 11) is 0. The van der Waals surface area contributed by atoms with E-state index in [4.69, 9.17) is 9.84 Å². The molecule has 1 aromatic heterocycles. The van der Waals surface area contributed by atoms with Crippen LogP contribution in [0.5, 0.6) is 0 Å². The van der Waals surface area contributed by atoms with E-state index in [1.807, 2.05) is 18.2 Å². The summed E-state index contributed by atoms with van der Waals surface area (Å²) in [5.74, 6) is 0.0131. The number of nitrogens with zero attached hydrogens (tertiary/aromatic N) is 1. The van der Waals surface area contributed by atoms with Gasteiger partial charge in [0.1, 0.15) is 0 Å². The van der Waals surface area contributed by atoms with Gasteiger partial charge in [-0.1, -0.05) is 24.3 Å². The van der Waals surface area contributed by atoms with E-state index in [-0.39, 0.29) is 12.5 Å². The van der Waals surface area contributed by atoms with E-state index in [1.54, 1.807) is 12.4 Å². The molecule has 1 aliphatic rings. The van der Waals surface area contributed by atoms with E-state index in [0.717, 1.165) is 16.7 Å². The van der Waals surface area contributed by atoms with Gasteiger partial charge in [-0.05, 0) is 48.1 Å². The van der Waals surface area contributed by atoms with E-state index in [9.17, 15) is 4.79 Å². The number of rotatable bonds is 6. The summed E-state index contributed by atoms with van der Waals surface area (Å²) < 4.78 is 5.47. The molecule has 2 aromatic rings. The number of ether oxygens (including phenoxy) is 1. The third kappa shape index (κ3) is 4.24. The summed E-state index contributed by atoms with van der Waals surface area (Å²) in [5, 5.41) is 11.9. The number of benzene rings is 1. The van der Waals surface area contributed by atoms with Gasteiger partial charge in [0.05, 0.1) is 12.0 Å². The molecular weight excluding hydrogens is 316 g/mol. The van der Waals surface area contributed by atoms with Crippen LogP contribution in [-0.2, 0) is 16.0 Å². The van der Waals surface area contributed by atoms with Gasteiger partial charge in [-0.2, -0.15) is 0 Å². The molecule has 0 atom stereocenters. The molecular formula is C20H24N2O3. The lowest BCUT2D eigenvalue weighted by atomic mass is 9.74. The molecule has 1 aliphatic heterocycles. The van der Waals surface area contributed by atoms with Crippen molar-refractivity contribution in [1.82, 2.24) is 10.3 Å². The zero-order chi connectivity index (χ0) is 17.5.